The lowest BCUT2D eigenvalue weighted by atomic mass is 10.0. The standard InChI is InChI=1S/C18H22N2O5/c1-5-25-15(21)10-19(4)16(22)12-6-7-13-14(8-12)18(24)20(17(13)23)9-11(2)3/h6-8,11H,5,9-10H2,1-4H3. The second kappa shape index (κ2) is 7.46. The van der Waals surface area contributed by atoms with Crippen LogP contribution in [0.3, 0.4) is 0 Å². The van der Waals surface area contributed by atoms with Gasteiger partial charge in [-0.1, -0.05) is 13.8 Å². The number of esters is 1. The summed E-state index contributed by atoms with van der Waals surface area (Å²) in [6.45, 7) is 5.91. The number of nitrogens with zero attached hydrogens (tertiary/aromatic N) is 2. The first-order chi connectivity index (χ1) is 11.8. The lowest BCUT2D eigenvalue weighted by molar-refractivity contribution is -0.143. The molecule has 0 atom stereocenters. The van der Waals surface area contributed by atoms with Gasteiger partial charge in [0, 0.05) is 19.2 Å². The third-order valence-electron chi connectivity index (χ3n) is 3.78. The Morgan fingerprint density at radius 3 is 2.40 bits per heavy atom. The zero-order chi connectivity index (χ0) is 18.7. The van der Waals surface area contributed by atoms with Crippen LogP contribution in [0.25, 0.3) is 0 Å². The number of likely N-dealkylation sites (N-methyl/N-ethyl adjacent to an activating group) is 1. The second-order valence-electron chi connectivity index (χ2n) is 6.34. The van der Waals surface area contributed by atoms with Gasteiger partial charge in [0.1, 0.15) is 6.54 Å². The predicted octanol–water partition coefficient (Wildman–Crippen LogP) is 1.57. The van der Waals surface area contributed by atoms with Crippen LogP contribution in [0.15, 0.2) is 18.2 Å². The van der Waals surface area contributed by atoms with E-state index in [4.69, 9.17) is 4.74 Å². The van der Waals surface area contributed by atoms with Crippen molar-refractivity contribution >= 4 is 23.7 Å². The lowest BCUT2D eigenvalue weighted by Gasteiger charge is -2.16. The number of carbonyl (C=O) groups is 4. The number of fused-ring (bicyclic) bond motifs is 1. The third kappa shape index (κ3) is 3.87. The molecule has 0 fully saturated rings. The quantitative estimate of drug-likeness (QED) is 0.577. The van der Waals surface area contributed by atoms with Crippen molar-refractivity contribution in [2.24, 2.45) is 5.92 Å². The van der Waals surface area contributed by atoms with Gasteiger partial charge in [-0.3, -0.25) is 24.1 Å². The molecule has 0 aliphatic carbocycles. The minimum atomic E-state index is -0.506. The normalized spacial score (nSPS) is 13.2. The summed E-state index contributed by atoms with van der Waals surface area (Å²) >= 11 is 0. The lowest BCUT2D eigenvalue weighted by Crippen LogP contribution is -2.33. The number of imide groups is 1. The van der Waals surface area contributed by atoms with Crippen LogP contribution in [0.4, 0.5) is 0 Å². The van der Waals surface area contributed by atoms with E-state index in [1.807, 2.05) is 13.8 Å². The van der Waals surface area contributed by atoms with Crippen LogP contribution >= 0.6 is 0 Å². The first-order valence-electron chi connectivity index (χ1n) is 8.17. The van der Waals surface area contributed by atoms with Crippen molar-refractivity contribution in [3.8, 4) is 0 Å². The maximum absolute atomic E-state index is 12.5. The van der Waals surface area contributed by atoms with Gasteiger partial charge in [0.25, 0.3) is 17.7 Å². The smallest absolute Gasteiger partial charge is 0.325 e. The highest BCUT2D eigenvalue weighted by Gasteiger charge is 2.36. The average molecular weight is 346 g/mol. The molecule has 0 unspecified atom stereocenters. The van der Waals surface area contributed by atoms with Crippen LogP contribution in [0.1, 0.15) is 51.8 Å². The van der Waals surface area contributed by atoms with Gasteiger partial charge >= 0.3 is 5.97 Å². The molecule has 0 radical (unpaired) electrons. The first kappa shape index (κ1) is 18.6. The Bertz CT molecular complexity index is 726. The number of carbonyl (C=O) groups excluding carboxylic acids is 4. The maximum atomic E-state index is 12.5. The van der Waals surface area contributed by atoms with Gasteiger partial charge in [-0.05, 0) is 31.0 Å². The maximum Gasteiger partial charge on any atom is 0.325 e. The summed E-state index contributed by atoms with van der Waals surface area (Å²) in [7, 11) is 1.48. The van der Waals surface area contributed by atoms with Crippen LogP contribution in [0, 0.1) is 5.92 Å². The fraction of sp³-hybridized carbons (Fsp3) is 0.444. The minimum Gasteiger partial charge on any atom is -0.465 e. The fourth-order valence-corrected chi connectivity index (χ4v) is 2.65. The molecule has 1 aliphatic rings. The van der Waals surface area contributed by atoms with Gasteiger partial charge < -0.3 is 9.64 Å². The molecule has 1 aliphatic heterocycles. The van der Waals surface area contributed by atoms with E-state index in [0.29, 0.717) is 12.1 Å². The summed E-state index contributed by atoms with van der Waals surface area (Å²) in [5.74, 6) is -1.50. The molecule has 1 aromatic carbocycles. The topological polar surface area (TPSA) is 84.0 Å². The zero-order valence-corrected chi connectivity index (χ0v) is 14.9. The van der Waals surface area contributed by atoms with Gasteiger partial charge in [-0.25, -0.2) is 0 Å². The van der Waals surface area contributed by atoms with Gasteiger partial charge in [-0.2, -0.15) is 0 Å². The molecule has 0 spiro atoms. The Morgan fingerprint density at radius 1 is 1.16 bits per heavy atom. The van der Waals surface area contributed by atoms with E-state index < -0.39 is 17.8 Å². The Kier molecular flexibility index (Phi) is 5.56. The Hall–Kier alpha value is -2.70. The molecule has 3 amide bonds. The van der Waals surface area contributed by atoms with Crippen molar-refractivity contribution in [3.05, 3.63) is 34.9 Å². The largest absolute Gasteiger partial charge is 0.465 e. The Balaban J connectivity index is 2.21. The summed E-state index contributed by atoms with van der Waals surface area (Å²) in [6, 6.07) is 4.40. The monoisotopic (exact) mass is 346 g/mol. The number of hydrogen-bond donors (Lipinski definition) is 0. The number of hydrogen-bond acceptors (Lipinski definition) is 5. The van der Waals surface area contributed by atoms with Crippen molar-refractivity contribution in [1.82, 2.24) is 9.80 Å². The molecular formula is C18H22N2O5. The zero-order valence-electron chi connectivity index (χ0n) is 14.9. The van der Waals surface area contributed by atoms with E-state index in [2.05, 4.69) is 0 Å². The highest BCUT2D eigenvalue weighted by molar-refractivity contribution is 6.22. The Labute approximate surface area is 146 Å². The fourth-order valence-electron chi connectivity index (χ4n) is 2.65. The summed E-state index contributed by atoms with van der Waals surface area (Å²) < 4.78 is 4.82. The predicted molar refractivity (Wildman–Crippen MR) is 90.2 cm³/mol. The molecule has 0 saturated carbocycles. The molecule has 134 valence electrons. The summed E-state index contributed by atoms with van der Waals surface area (Å²) in [5, 5.41) is 0. The van der Waals surface area contributed by atoms with E-state index in [9.17, 15) is 19.2 Å². The molecule has 0 N–H and O–H groups in total. The summed E-state index contributed by atoms with van der Waals surface area (Å²) in [4.78, 5) is 51.1. The molecule has 0 saturated heterocycles. The van der Waals surface area contributed by atoms with Crippen molar-refractivity contribution < 1.29 is 23.9 Å². The van der Waals surface area contributed by atoms with Crippen LogP contribution in [0.2, 0.25) is 0 Å². The Morgan fingerprint density at radius 2 is 1.80 bits per heavy atom. The third-order valence-corrected chi connectivity index (χ3v) is 3.78. The number of benzene rings is 1. The van der Waals surface area contributed by atoms with Crippen molar-refractivity contribution in [2.45, 2.75) is 20.8 Å². The summed E-state index contributed by atoms with van der Waals surface area (Å²) in [5.41, 5.74) is 0.773. The molecule has 25 heavy (non-hydrogen) atoms. The number of ether oxygens (including phenoxy) is 1. The van der Waals surface area contributed by atoms with Gasteiger partial charge in [0.2, 0.25) is 0 Å². The average Bonchev–Trinajstić information content (AvgIpc) is 2.78. The molecule has 0 bridgehead atoms. The van der Waals surface area contributed by atoms with E-state index >= 15 is 0 Å². The molecule has 1 aromatic rings. The van der Waals surface area contributed by atoms with Crippen molar-refractivity contribution in [1.29, 1.82) is 0 Å². The molecule has 7 nitrogen and oxygen atoms in total. The van der Waals surface area contributed by atoms with E-state index in [0.717, 1.165) is 0 Å². The van der Waals surface area contributed by atoms with Gasteiger partial charge in [0.05, 0.1) is 17.7 Å². The van der Waals surface area contributed by atoms with E-state index in [-0.39, 0.29) is 36.1 Å². The summed E-state index contributed by atoms with van der Waals surface area (Å²) in [6.07, 6.45) is 0. The van der Waals surface area contributed by atoms with Gasteiger partial charge in [-0.15, -0.1) is 0 Å². The van der Waals surface area contributed by atoms with Gasteiger partial charge in [0.15, 0.2) is 0 Å². The molecular weight excluding hydrogens is 324 g/mol. The molecule has 0 aromatic heterocycles. The number of amides is 3. The van der Waals surface area contributed by atoms with Crippen LogP contribution < -0.4 is 0 Å². The molecule has 7 heteroatoms. The first-order valence-corrected chi connectivity index (χ1v) is 8.17. The van der Waals surface area contributed by atoms with Crippen LogP contribution in [-0.4, -0.2) is 60.2 Å². The van der Waals surface area contributed by atoms with Crippen molar-refractivity contribution in [3.63, 3.8) is 0 Å². The van der Waals surface area contributed by atoms with Crippen molar-refractivity contribution in [2.75, 3.05) is 26.7 Å². The minimum absolute atomic E-state index is 0.152. The number of rotatable bonds is 6. The highest BCUT2D eigenvalue weighted by Crippen LogP contribution is 2.25. The molecule has 1 heterocycles. The van der Waals surface area contributed by atoms with Crippen LogP contribution in [0.5, 0.6) is 0 Å². The second-order valence-corrected chi connectivity index (χ2v) is 6.34. The van der Waals surface area contributed by atoms with E-state index in [1.165, 1.54) is 35.0 Å². The molecule has 2 rings (SSSR count). The SMILES string of the molecule is CCOC(=O)CN(C)C(=O)c1ccc2c(c1)C(=O)N(CC(C)C)C2=O. The van der Waals surface area contributed by atoms with Crippen LogP contribution in [-0.2, 0) is 9.53 Å². The van der Waals surface area contributed by atoms with E-state index in [1.54, 1.807) is 6.92 Å². The highest BCUT2D eigenvalue weighted by atomic mass is 16.5.